The molecule has 1 heterocycles. The minimum atomic E-state index is -0.477. The second-order valence-corrected chi connectivity index (χ2v) is 3.31. The van der Waals surface area contributed by atoms with Crippen LogP contribution in [0.2, 0.25) is 0 Å². The molecule has 3 heteroatoms. The van der Waals surface area contributed by atoms with E-state index >= 15 is 0 Å². The van der Waals surface area contributed by atoms with Gasteiger partial charge in [-0.25, -0.2) is 4.98 Å². The maximum absolute atomic E-state index is 12.8. The fourth-order valence-corrected chi connectivity index (χ4v) is 1.48. The molecule has 1 N–H and O–H groups in total. The summed E-state index contributed by atoms with van der Waals surface area (Å²) >= 11 is 0. The second-order valence-electron chi connectivity index (χ2n) is 3.31. The van der Waals surface area contributed by atoms with Crippen LogP contribution in [0, 0.1) is 12.9 Å². The number of benzene rings is 1. The van der Waals surface area contributed by atoms with Gasteiger partial charge in [-0.3, -0.25) is 0 Å². The highest BCUT2D eigenvalue weighted by atomic mass is 19.1. The van der Waals surface area contributed by atoms with Crippen molar-refractivity contribution in [1.82, 2.24) is 4.98 Å². The van der Waals surface area contributed by atoms with Crippen LogP contribution < -0.4 is 0 Å². The van der Waals surface area contributed by atoms with E-state index in [1.165, 1.54) is 6.07 Å². The summed E-state index contributed by atoms with van der Waals surface area (Å²) in [5.41, 5.74) is 2.43. The van der Waals surface area contributed by atoms with E-state index in [1.54, 1.807) is 37.3 Å². The smallest absolute Gasteiger partial charge is 0.213 e. The minimum absolute atomic E-state index is 0.214. The zero-order chi connectivity index (χ0) is 10.8. The molecule has 0 spiro atoms. The van der Waals surface area contributed by atoms with Crippen LogP contribution in [0.15, 0.2) is 36.4 Å². The summed E-state index contributed by atoms with van der Waals surface area (Å²) in [5, 5.41) is 9.14. The summed E-state index contributed by atoms with van der Waals surface area (Å²) in [5.74, 6) is -0.262. The van der Waals surface area contributed by atoms with E-state index in [1.807, 2.05) is 0 Å². The monoisotopic (exact) mass is 203 g/mol. The zero-order valence-electron chi connectivity index (χ0n) is 8.24. The van der Waals surface area contributed by atoms with Gasteiger partial charge in [-0.05, 0) is 36.8 Å². The Morgan fingerprint density at radius 3 is 2.33 bits per heavy atom. The molecule has 2 nitrogen and oxygen atoms in total. The van der Waals surface area contributed by atoms with Crippen molar-refractivity contribution in [3.8, 4) is 16.9 Å². The first-order valence-electron chi connectivity index (χ1n) is 4.59. The number of aromatic hydroxyl groups is 1. The minimum Gasteiger partial charge on any atom is -0.508 e. The van der Waals surface area contributed by atoms with Crippen molar-refractivity contribution in [2.24, 2.45) is 0 Å². The molecule has 15 heavy (non-hydrogen) atoms. The Kier molecular flexibility index (Phi) is 2.37. The summed E-state index contributed by atoms with van der Waals surface area (Å²) in [4.78, 5) is 3.74. The number of halogens is 1. The normalized spacial score (nSPS) is 10.3. The third kappa shape index (κ3) is 1.96. The first kappa shape index (κ1) is 9.65. The van der Waals surface area contributed by atoms with E-state index in [2.05, 4.69) is 4.98 Å². The fourth-order valence-electron chi connectivity index (χ4n) is 1.48. The van der Waals surface area contributed by atoms with Crippen LogP contribution in [0.4, 0.5) is 4.39 Å². The van der Waals surface area contributed by atoms with Crippen LogP contribution in [-0.4, -0.2) is 10.1 Å². The van der Waals surface area contributed by atoms with Gasteiger partial charge >= 0.3 is 0 Å². The molecule has 0 aliphatic carbocycles. The molecule has 1 aromatic heterocycles. The van der Waals surface area contributed by atoms with Crippen molar-refractivity contribution in [2.45, 2.75) is 6.92 Å². The molecule has 0 aliphatic rings. The highest BCUT2D eigenvalue weighted by Gasteiger charge is 2.03. The Balaban J connectivity index is 2.49. The van der Waals surface area contributed by atoms with Gasteiger partial charge in [0.15, 0.2) is 0 Å². The van der Waals surface area contributed by atoms with E-state index in [4.69, 9.17) is 5.11 Å². The molecule has 0 saturated carbocycles. The Bertz CT molecular complexity index is 479. The highest BCUT2D eigenvalue weighted by Crippen LogP contribution is 2.23. The molecular formula is C12H10FNO. The van der Waals surface area contributed by atoms with E-state index in [0.717, 1.165) is 11.1 Å². The lowest BCUT2D eigenvalue weighted by Crippen LogP contribution is -1.90. The number of aryl methyl sites for hydroxylation is 1. The van der Waals surface area contributed by atoms with Crippen molar-refractivity contribution in [3.63, 3.8) is 0 Å². The Morgan fingerprint density at radius 2 is 1.73 bits per heavy atom. The average molecular weight is 203 g/mol. The second kappa shape index (κ2) is 3.69. The molecule has 0 unspecified atom stereocenters. The zero-order valence-corrected chi connectivity index (χ0v) is 8.24. The Hall–Kier alpha value is -1.90. The molecule has 0 atom stereocenters. The van der Waals surface area contributed by atoms with Gasteiger partial charge in [-0.1, -0.05) is 12.1 Å². The summed E-state index contributed by atoms with van der Waals surface area (Å²) < 4.78 is 12.8. The number of aromatic nitrogens is 1. The van der Waals surface area contributed by atoms with Crippen LogP contribution in [0.1, 0.15) is 5.69 Å². The number of hydrogen-bond acceptors (Lipinski definition) is 2. The van der Waals surface area contributed by atoms with Crippen LogP contribution in [0.3, 0.4) is 0 Å². The molecule has 0 saturated heterocycles. The summed E-state index contributed by atoms with van der Waals surface area (Å²) in [6, 6.07) is 9.75. The summed E-state index contributed by atoms with van der Waals surface area (Å²) in [6.07, 6.45) is 0. The van der Waals surface area contributed by atoms with Gasteiger partial charge in [-0.15, -0.1) is 0 Å². The predicted molar refractivity (Wildman–Crippen MR) is 56.0 cm³/mol. The van der Waals surface area contributed by atoms with Gasteiger partial charge in [0, 0.05) is 11.3 Å². The predicted octanol–water partition coefficient (Wildman–Crippen LogP) is 2.90. The van der Waals surface area contributed by atoms with Gasteiger partial charge < -0.3 is 5.11 Å². The van der Waals surface area contributed by atoms with Crippen LogP contribution in [-0.2, 0) is 0 Å². The number of phenolic OH excluding ortho intramolecular Hbond substituents is 1. The average Bonchev–Trinajstić information content (AvgIpc) is 2.20. The SMILES string of the molecule is Cc1nc(F)ccc1-c1ccc(O)cc1. The molecule has 1 aromatic carbocycles. The summed E-state index contributed by atoms with van der Waals surface area (Å²) in [6.45, 7) is 1.76. The first-order chi connectivity index (χ1) is 7.16. The first-order valence-corrected chi connectivity index (χ1v) is 4.59. The van der Waals surface area contributed by atoms with Crippen molar-refractivity contribution in [1.29, 1.82) is 0 Å². The molecular weight excluding hydrogens is 193 g/mol. The van der Waals surface area contributed by atoms with Gasteiger partial charge in [-0.2, -0.15) is 4.39 Å². The molecule has 2 rings (SSSR count). The molecule has 0 aliphatic heterocycles. The molecule has 0 fully saturated rings. The molecule has 0 amide bonds. The maximum Gasteiger partial charge on any atom is 0.213 e. The van der Waals surface area contributed by atoms with Crippen LogP contribution >= 0.6 is 0 Å². The van der Waals surface area contributed by atoms with Crippen molar-refractivity contribution < 1.29 is 9.50 Å². The molecule has 0 radical (unpaired) electrons. The van der Waals surface area contributed by atoms with Crippen molar-refractivity contribution in [3.05, 3.63) is 48.0 Å². The Morgan fingerprint density at radius 1 is 1.07 bits per heavy atom. The van der Waals surface area contributed by atoms with E-state index in [0.29, 0.717) is 5.69 Å². The lowest BCUT2D eigenvalue weighted by Gasteiger charge is -2.04. The topological polar surface area (TPSA) is 33.1 Å². The van der Waals surface area contributed by atoms with Gasteiger partial charge in [0.2, 0.25) is 5.95 Å². The number of phenols is 1. The lowest BCUT2D eigenvalue weighted by atomic mass is 10.0. The third-order valence-electron chi connectivity index (χ3n) is 2.23. The number of pyridine rings is 1. The number of hydrogen-bond donors (Lipinski definition) is 1. The largest absolute Gasteiger partial charge is 0.508 e. The van der Waals surface area contributed by atoms with Gasteiger partial charge in [0.1, 0.15) is 5.75 Å². The van der Waals surface area contributed by atoms with E-state index in [-0.39, 0.29) is 5.75 Å². The quantitative estimate of drug-likeness (QED) is 0.723. The van der Waals surface area contributed by atoms with Crippen LogP contribution in [0.5, 0.6) is 5.75 Å². The van der Waals surface area contributed by atoms with E-state index < -0.39 is 5.95 Å². The third-order valence-corrected chi connectivity index (χ3v) is 2.23. The number of nitrogens with zero attached hydrogens (tertiary/aromatic N) is 1. The van der Waals surface area contributed by atoms with Crippen molar-refractivity contribution >= 4 is 0 Å². The van der Waals surface area contributed by atoms with Crippen LogP contribution in [0.25, 0.3) is 11.1 Å². The molecule has 0 bridgehead atoms. The van der Waals surface area contributed by atoms with Gasteiger partial charge in [0.05, 0.1) is 0 Å². The summed E-state index contributed by atoms with van der Waals surface area (Å²) in [7, 11) is 0. The van der Waals surface area contributed by atoms with Gasteiger partial charge in [0.25, 0.3) is 0 Å². The Labute approximate surface area is 87.0 Å². The maximum atomic E-state index is 12.8. The fraction of sp³-hybridized carbons (Fsp3) is 0.0833. The number of rotatable bonds is 1. The van der Waals surface area contributed by atoms with Crippen molar-refractivity contribution in [2.75, 3.05) is 0 Å². The lowest BCUT2D eigenvalue weighted by molar-refractivity contribution is 0.475. The highest BCUT2D eigenvalue weighted by molar-refractivity contribution is 5.66. The van der Waals surface area contributed by atoms with E-state index in [9.17, 15) is 4.39 Å². The standard InChI is InChI=1S/C12H10FNO/c1-8-11(6-7-12(13)14-8)9-2-4-10(15)5-3-9/h2-7,15H,1H3. The molecule has 76 valence electrons. The molecule has 2 aromatic rings.